The molecule has 16 heavy (non-hydrogen) atoms. The summed E-state index contributed by atoms with van der Waals surface area (Å²) in [6.07, 6.45) is 0.685. The fourth-order valence-corrected chi connectivity index (χ4v) is 1.21. The van der Waals surface area contributed by atoms with Gasteiger partial charge in [0.25, 0.3) is 0 Å². The zero-order chi connectivity index (χ0) is 12.4. The fourth-order valence-electron chi connectivity index (χ4n) is 1.21. The molecular formula is C10H20N2O4. The van der Waals surface area contributed by atoms with Gasteiger partial charge in [0.1, 0.15) is 0 Å². The van der Waals surface area contributed by atoms with Gasteiger partial charge in [-0.15, -0.1) is 0 Å². The van der Waals surface area contributed by atoms with Gasteiger partial charge in [0.2, 0.25) is 11.8 Å². The average molecular weight is 232 g/mol. The van der Waals surface area contributed by atoms with Crippen molar-refractivity contribution < 1.29 is 19.4 Å². The van der Waals surface area contributed by atoms with Crippen LogP contribution in [-0.4, -0.2) is 49.8 Å². The molecule has 0 aromatic heterocycles. The highest BCUT2D eigenvalue weighted by Crippen LogP contribution is 1.93. The Kier molecular flexibility index (Phi) is 8.46. The van der Waals surface area contributed by atoms with Gasteiger partial charge in [-0.3, -0.25) is 9.59 Å². The van der Waals surface area contributed by atoms with E-state index in [-0.39, 0.29) is 30.9 Å². The van der Waals surface area contributed by atoms with Crippen molar-refractivity contribution in [3.05, 3.63) is 0 Å². The highest BCUT2D eigenvalue weighted by atomic mass is 16.5. The Bertz CT molecular complexity index is 215. The molecule has 0 aliphatic rings. The molecule has 0 saturated heterocycles. The van der Waals surface area contributed by atoms with Gasteiger partial charge in [0.05, 0.1) is 12.6 Å². The molecule has 6 nitrogen and oxygen atoms in total. The summed E-state index contributed by atoms with van der Waals surface area (Å²) in [6, 6.07) is -0.181. The van der Waals surface area contributed by atoms with Crippen LogP contribution in [0.5, 0.6) is 0 Å². The van der Waals surface area contributed by atoms with Crippen LogP contribution < -0.4 is 10.6 Å². The molecule has 0 fully saturated rings. The smallest absolute Gasteiger partial charge is 0.222 e. The number of methoxy groups -OCH3 is 1. The normalized spacial score (nSPS) is 11.9. The third kappa shape index (κ3) is 8.19. The Morgan fingerprint density at radius 2 is 2.12 bits per heavy atom. The van der Waals surface area contributed by atoms with Gasteiger partial charge in [-0.2, -0.15) is 0 Å². The van der Waals surface area contributed by atoms with Gasteiger partial charge in [0.15, 0.2) is 0 Å². The van der Waals surface area contributed by atoms with Crippen molar-refractivity contribution >= 4 is 11.8 Å². The maximum absolute atomic E-state index is 11.4. The number of hydrogen-bond acceptors (Lipinski definition) is 4. The van der Waals surface area contributed by atoms with Crippen LogP contribution in [-0.2, 0) is 14.3 Å². The van der Waals surface area contributed by atoms with E-state index in [4.69, 9.17) is 9.84 Å². The van der Waals surface area contributed by atoms with Crippen LogP contribution >= 0.6 is 0 Å². The summed E-state index contributed by atoms with van der Waals surface area (Å²) in [5.74, 6) is -0.319. The molecule has 94 valence electrons. The maximum Gasteiger partial charge on any atom is 0.222 e. The monoisotopic (exact) mass is 232 g/mol. The molecule has 0 aliphatic heterocycles. The van der Waals surface area contributed by atoms with E-state index in [1.165, 1.54) is 14.0 Å². The summed E-state index contributed by atoms with van der Waals surface area (Å²) in [5.41, 5.74) is 0. The number of ether oxygens (including phenoxy) is 1. The number of amides is 2. The molecule has 0 aliphatic carbocycles. The zero-order valence-corrected chi connectivity index (χ0v) is 9.78. The van der Waals surface area contributed by atoms with Crippen LogP contribution in [0.1, 0.15) is 19.8 Å². The van der Waals surface area contributed by atoms with Crippen molar-refractivity contribution in [2.45, 2.75) is 25.8 Å². The summed E-state index contributed by atoms with van der Waals surface area (Å²) in [7, 11) is 1.54. The van der Waals surface area contributed by atoms with Gasteiger partial charge in [0, 0.05) is 33.6 Å². The first kappa shape index (κ1) is 14.9. The molecule has 0 bridgehead atoms. The van der Waals surface area contributed by atoms with Crippen molar-refractivity contribution in [1.82, 2.24) is 10.6 Å². The first-order valence-electron chi connectivity index (χ1n) is 5.23. The minimum absolute atomic E-state index is 0.00000257. The predicted molar refractivity (Wildman–Crippen MR) is 58.8 cm³/mol. The predicted octanol–water partition coefficient (Wildman–Crippen LogP) is -0.974. The molecule has 0 aromatic carbocycles. The van der Waals surface area contributed by atoms with E-state index in [0.29, 0.717) is 19.6 Å². The largest absolute Gasteiger partial charge is 0.396 e. The van der Waals surface area contributed by atoms with E-state index >= 15 is 0 Å². The quantitative estimate of drug-likeness (QED) is 0.502. The topological polar surface area (TPSA) is 87.7 Å². The SMILES string of the molecule is COCC(CCO)NC(=O)CCNC(C)=O. The summed E-state index contributed by atoms with van der Waals surface area (Å²) in [5, 5.41) is 14.0. The zero-order valence-electron chi connectivity index (χ0n) is 9.78. The third-order valence-corrected chi connectivity index (χ3v) is 1.94. The number of aliphatic hydroxyl groups is 1. The lowest BCUT2D eigenvalue weighted by Gasteiger charge is -2.16. The van der Waals surface area contributed by atoms with Gasteiger partial charge >= 0.3 is 0 Å². The van der Waals surface area contributed by atoms with Crippen LogP contribution in [0.25, 0.3) is 0 Å². The molecule has 0 spiro atoms. The second-order valence-corrected chi connectivity index (χ2v) is 3.47. The lowest BCUT2D eigenvalue weighted by atomic mass is 10.2. The Labute approximate surface area is 95.4 Å². The van der Waals surface area contributed by atoms with Gasteiger partial charge in [-0.1, -0.05) is 0 Å². The van der Waals surface area contributed by atoms with Crippen LogP contribution in [0.4, 0.5) is 0 Å². The maximum atomic E-state index is 11.4. The van der Waals surface area contributed by atoms with E-state index in [9.17, 15) is 9.59 Å². The molecule has 3 N–H and O–H groups in total. The Morgan fingerprint density at radius 3 is 2.62 bits per heavy atom. The molecule has 1 unspecified atom stereocenters. The third-order valence-electron chi connectivity index (χ3n) is 1.94. The molecule has 2 amide bonds. The Balaban J connectivity index is 3.76. The second kappa shape index (κ2) is 9.11. The minimum atomic E-state index is -0.181. The van der Waals surface area contributed by atoms with Crippen molar-refractivity contribution in [3.8, 4) is 0 Å². The molecule has 6 heteroatoms. The lowest BCUT2D eigenvalue weighted by Crippen LogP contribution is -2.40. The summed E-state index contributed by atoms with van der Waals surface area (Å²) in [4.78, 5) is 21.9. The van der Waals surface area contributed by atoms with Crippen molar-refractivity contribution in [1.29, 1.82) is 0 Å². The van der Waals surface area contributed by atoms with Crippen LogP contribution in [0.15, 0.2) is 0 Å². The van der Waals surface area contributed by atoms with E-state index in [1.54, 1.807) is 0 Å². The van der Waals surface area contributed by atoms with Gasteiger partial charge < -0.3 is 20.5 Å². The number of carbonyl (C=O) groups excluding carboxylic acids is 2. The molecule has 0 radical (unpaired) electrons. The summed E-state index contributed by atoms with van der Waals surface area (Å²) in [6.45, 7) is 2.09. The first-order chi connectivity index (χ1) is 7.60. The molecular weight excluding hydrogens is 212 g/mol. The number of nitrogens with one attached hydrogen (secondary N) is 2. The van der Waals surface area contributed by atoms with Crippen molar-refractivity contribution in [2.24, 2.45) is 0 Å². The van der Waals surface area contributed by atoms with Crippen molar-refractivity contribution in [3.63, 3.8) is 0 Å². The number of aliphatic hydroxyl groups excluding tert-OH is 1. The number of hydrogen-bond donors (Lipinski definition) is 3. The fraction of sp³-hybridized carbons (Fsp3) is 0.800. The highest BCUT2D eigenvalue weighted by Gasteiger charge is 2.11. The molecule has 0 aromatic rings. The van der Waals surface area contributed by atoms with E-state index in [1.807, 2.05) is 0 Å². The second-order valence-electron chi connectivity index (χ2n) is 3.47. The van der Waals surface area contributed by atoms with Crippen molar-refractivity contribution in [2.75, 3.05) is 26.9 Å². The first-order valence-corrected chi connectivity index (χ1v) is 5.23. The van der Waals surface area contributed by atoms with Crippen LogP contribution in [0.2, 0.25) is 0 Å². The van der Waals surface area contributed by atoms with E-state index in [2.05, 4.69) is 10.6 Å². The average Bonchev–Trinajstić information content (AvgIpc) is 2.17. The molecule has 1 atom stereocenters. The Morgan fingerprint density at radius 1 is 1.44 bits per heavy atom. The van der Waals surface area contributed by atoms with Gasteiger partial charge in [-0.05, 0) is 6.42 Å². The molecule has 0 heterocycles. The summed E-state index contributed by atoms with van der Waals surface area (Å²) < 4.78 is 4.90. The van der Waals surface area contributed by atoms with E-state index < -0.39 is 0 Å². The minimum Gasteiger partial charge on any atom is -0.396 e. The molecule has 0 saturated carbocycles. The Hall–Kier alpha value is -1.14. The standard InChI is InChI=1S/C10H20N2O4/c1-8(14)11-5-3-10(15)12-9(4-6-13)7-16-2/h9,13H,3-7H2,1-2H3,(H,11,14)(H,12,15). The number of rotatable bonds is 8. The van der Waals surface area contributed by atoms with Crippen LogP contribution in [0, 0.1) is 0 Å². The molecule has 0 rings (SSSR count). The lowest BCUT2D eigenvalue weighted by molar-refractivity contribution is -0.122. The van der Waals surface area contributed by atoms with Gasteiger partial charge in [-0.25, -0.2) is 0 Å². The van der Waals surface area contributed by atoms with E-state index in [0.717, 1.165) is 0 Å². The highest BCUT2D eigenvalue weighted by molar-refractivity contribution is 5.78. The number of carbonyl (C=O) groups is 2. The summed E-state index contributed by atoms with van der Waals surface area (Å²) >= 11 is 0. The van der Waals surface area contributed by atoms with Crippen LogP contribution in [0.3, 0.4) is 0 Å².